The Morgan fingerprint density at radius 1 is 1.08 bits per heavy atom. The Kier molecular flexibility index (Phi) is 4.60. The second-order valence-electron chi connectivity index (χ2n) is 6.63. The fourth-order valence-electron chi connectivity index (χ4n) is 3.14. The normalized spacial score (nSPS) is 24.9. The Morgan fingerprint density at radius 2 is 1.96 bits per heavy atom. The highest BCUT2D eigenvalue weighted by Gasteiger charge is 2.38. The van der Waals surface area contributed by atoms with E-state index in [0.29, 0.717) is 17.9 Å². The van der Waals surface area contributed by atoms with Crippen LogP contribution in [-0.2, 0) is 0 Å². The number of ether oxygens (including phenoxy) is 2. The standard InChI is InChI=1S/C19H23N3O2/c1-7-22-16(1)13-24-18-9-15(11-21-12-18)19-10-14(19)4-8-23-17-2-5-20-6-3-17/h2-3,5-6,9,11-12,14,16,19,22H,1,4,7-8,10,13H2/t14-,16+,19+/m1/s1. The van der Waals surface area contributed by atoms with Crippen LogP contribution in [0.25, 0.3) is 0 Å². The van der Waals surface area contributed by atoms with E-state index in [4.69, 9.17) is 9.47 Å². The molecule has 0 amide bonds. The van der Waals surface area contributed by atoms with Gasteiger partial charge in [0.1, 0.15) is 18.1 Å². The van der Waals surface area contributed by atoms with Crippen molar-refractivity contribution >= 4 is 0 Å². The second kappa shape index (κ2) is 7.18. The largest absolute Gasteiger partial charge is 0.493 e. The van der Waals surface area contributed by atoms with Crippen molar-refractivity contribution in [1.29, 1.82) is 0 Å². The summed E-state index contributed by atoms with van der Waals surface area (Å²) in [6.07, 6.45) is 10.8. The molecule has 1 N–H and O–H groups in total. The first kappa shape index (κ1) is 15.4. The number of nitrogens with zero attached hydrogens (tertiary/aromatic N) is 2. The van der Waals surface area contributed by atoms with Crippen molar-refractivity contribution in [2.45, 2.75) is 31.2 Å². The van der Waals surface area contributed by atoms with E-state index in [1.807, 2.05) is 24.5 Å². The summed E-state index contributed by atoms with van der Waals surface area (Å²) in [5.41, 5.74) is 1.29. The molecule has 126 valence electrons. The third kappa shape index (κ3) is 3.85. The van der Waals surface area contributed by atoms with Crippen LogP contribution in [0.15, 0.2) is 43.0 Å². The van der Waals surface area contributed by atoms with E-state index < -0.39 is 0 Å². The van der Waals surface area contributed by atoms with Crippen molar-refractivity contribution in [2.24, 2.45) is 5.92 Å². The molecule has 0 unspecified atom stereocenters. The first-order chi connectivity index (χ1) is 11.9. The molecule has 2 aromatic rings. The lowest BCUT2D eigenvalue weighted by Gasteiger charge is -2.27. The van der Waals surface area contributed by atoms with Crippen LogP contribution >= 0.6 is 0 Å². The van der Waals surface area contributed by atoms with Gasteiger partial charge in [0.2, 0.25) is 0 Å². The molecule has 3 atom stereocenters. The molecule has 0 aromatic carbocycles. The first-order valence-corrected chi connectivity index (χ1v) is 8.72. The van der Waals surface area contributed by atoms with Crippen molar-refractivity contribution in [1.82, 2.24) is 15.3 Å². The summed E-state index contributed by atoms with van der Waals surface area (Å²) in [4.78, 5) is 8.34. The molecule has 1 aliphatic heterocycles. The van der Waals surface area contributed by atoms with E-state index in [0.717, 1.165) is 37.7 Å². The smallest absolute Gasteiger partial charge is 0.137 e. The zero-order chi connectivity index (χ0) is 16.2. The maximum Gasteiger partial charge on any atom is 0.137 e. The molecule has 1 saturated heterocycles. The van der Waals surface area contributed by atoms with Gasteiger partial charge in [-0.05, 0) is 61.4 Å². The van der Waals surface area contributed by atoms with Crippen LogP contribution in [0.4, 0.5) is 0 Å². The second-order valence-corrected chi connectivity index (χ2v) is 6.63. The maximum absolute atomic E-state index is 5.85. The molecule has 24 heavy (non-hydrogen) atoms. The van der Waals surface area contributed by atoms with Gasteiger partial charge >= 0.3 is 0 Å². The van der Waals surface area contributed by atoms with Gasteiger partial charge < -0.3 is 14.8 Å². The van der Waals surface area contributed by atoms with Crippen molar-refractivity contribution in [3.05, 3.63) is 48.5 Å². The van der Waals surface area contributed by atoms with Gasteiger partial charge in [-0.1, -0.05) is 0 Å². The van der Waals surface area contributed by atoms with Crippen LogP contribution in [0.1, 0.15) is 30.7 Å². The van der Waals surface area contributed by atoms with Crippen molar-refractivity contribution in [2.75, 3.05) is 19.8 Å². The lowest BCUT2D eigenvalue weighted by atomic mass is 10.1. The first-order valence-electron chi connectivity index (χ1n) is 8.72. The predicted octanol–water partition coefficient (Wildman–Crippen LogP) is 2.79. The molecule has 3 heterocycles. The topological polar surface area (TPSA) is 56.3 Å². The van der Waals surface area contributed by atoms with Crippen LogP contribution < -0.4 is 14.8 Å². The molecule has 0 radical (unpaired) electrons. The predicted molar refractivity (Wildman–Crippen MR) is 91.3 cm³/mol. The fourth-order valence-corrected chi connectivity index (χ4v) is 3.14. The summed E-state index contributed by atoms with van der Waals surface area (Å²) >= 11 is 0. The Morgan fingerprint density at radius 3 is 2.75 bits per heavy atom. The van der Waals surface area contributed by atoms with E-state index in [9.17, 15) is 0 Å². The van der Waals surface area contributed by atoms with Crippen LogP contribution in [0.3, 0.4) is 0 Å². The third-order valence-corrected chi connectivity index (χ3v) is 4.87. The van der Waals surface area contributed by atoms with Crippen LogP contribution in [-0.4, -0.2) is 35.8 Å². The number of hydrogen-bond donors (Lipinski definition) is 1. The lowest BCUT2D eigenvalue weighted by molar-refractivity contribution is 0.216. The molecule has 5 nitrogen and oxygen atoms in total. The molecule has 5 heteroatoms. The van der Waals surface area contributed by atoms with Crippen molar-refractivity contribution < 1.29 is 9.47 Å². The Bertz CT molecular complexity index is 661. The Labute approximate surface area is 142 Å². The van der Waals surface area contributed by atoms with Gasteiger partial charge in [0.25, 0.3) is 0 Å². The van der Waals surface area contributed by atoms with E-state index in [-0.39, 0.29) is 0 Å². The summed E-state index contributed by atoms with van der Waals surface area (Å²) in [6.45, 7) is 2.60. The third-order valence-electron chi connectivity index (χ3n) is 4.87. The SMILES string of the molecule is c1cc(OCC[C@@H]2C[C@@H]2c2cncc(OC[C@@H]3CCN3)c2)ccn1. The highest BCUT2D eigenvalue weighted by Crippen LogP contribution is 2.49. The average Bonchev–Trinajstić information content (AvgIpc) is 3.34. The average molecular weight is 325 g/mol. The zero-order valence-electron chi connectivity index (χ0n) is 13.7. The molecule has 2 aliphatic rings. The van der Waals surface area contributed by atoms with Crippen molar-refractivity contribution in [3.63, 3.8) is 0 Å². The fraction of sp³-hybridized carbons (Fsp3) is 0.474. The summed E-state index contributed by atoms with van der Waals surface area (Å²) in [7, 11) is 0. The molecule has 2 fully saturated rings. The van der Waals surface area contributed by atoms with Gasteiger partial charge in [-0.2, -0.15) is 0 Å². The summed E-state index contributed by atoms with van der Waals surface area (Å²) < 4.78 is 11.6. The van der Waals surface area contributed by atoms with Gasteiger partial charge in [0.15, 0.2) is 0 Å². The minimum Gasteiger partial charge on any atom is -0.493 e. The summed E-state index contributed by atoms with van der Waals surface area (Å²) in [6, 6.07) is 6.45. The maximum atomic E-state index is 5.85. The van der Waals surface area contributed by atoms with Gasteiger partial charge in [0.05, 0.1) is 12.8 Å². The van der Waals surface area contributed by atoms with Crippen LogP contribution in [0, 0.1) is 5.92 Å². The minimum absolute atomic E-state index is 0.507. The van der Waals surface area contributed by atoms with Crippen molar-refractivity contribution in [3.8, 4) is 11.5 Å². The zero-order valence-corrected chi connectivity index (χ0v) is 13.7. The van der Waals surface area contributed by atoms with Gasteiger partial charge in [-0.3, -0.25) is 9.97 Å². The van der Waals surface area contributed by atoms with Gasteiger partial charge in [-0.25, -0.2) is 0 Å². The number of aromatic nitrogens is 2. The number of hydrogen-bond acceptors (Lipinski definition) is 5. The molecular weight excluding hydrogens is 302 g/mol. The molecular formula is C19H23N3O2. The molecule has 4 rings (SSSR count). The van der Waals surface area contributed by atoms with E-state index in [1.54, 1.807) is 12.4 Å². The highest BCUT2D eigenvalue weighted by molar-refractivity contribution is 5.30. The number of pyridine rings is 2. The van der Waals surface area contributed by atoms with Gasteiger partial charge in [0, 0.05) is 24.6 Å². The molecule has 0 bridgehead atoms. The monoisotopic (exact) mass is 325 g/mol. The van der Waals surface area contributed by atoms with E-state index in [1.165, 1.54) is 18.4 Å². The van der Waals surface area contributed by atoms with Crippen LogP contribution in [0.5, 0.6) is 11.5 Å². The van der Waals surface area contributed by atoms with Crippen LogP contribution in [0.2, 0.25) is 0 Å². The summed E-state index contributed by atoms with van der Waals surface area (Å²) in [5.74, 6) is 3.07. The van der Waals surface area contributed by atoms with E-state index >= 15 is 0 Å². The number of nitrogens with one attached hydrogen (secondary N) is 1. The van der Waals surface area contributed by atoms with Gasteiger partial charge in [-0.15, -0.1) is 0 Å². The highest BCUT2D eigenvalue weighted by atomic mass is 16.5. The van der Waals surface area contributed by atoms with E-state index in [2.05, 4.69) is 21.4 Å². The quantitative estimate of drug-likeness (QED) is 0.809. The molecule has 1 aliphatic carbocycles. The molecule has 1 saturated carbocycles. The summed E-state index contributed by atoms with van der Waals surface area (Å²) in [5, 5.41) is 3.35. The Hall–Kier alpha value is -2.14. The lowest BCUT2D eigenvalue weighted by Crippen LogP contribution is -2.46. The minimum atomic E-state index is 0.507. The molecule has 2 aromatic heterocycles. The number of rotatable bonds is 8. The molecule has 0 spiro atoms. The Balaban J connectivity index is 1.23.